The molecule has 1 fully saturated rings. The first-order valence-electron chi connectivity index (χ1n) is 6.15. The fraction of sp³-hybridized carbons (Fsp3) is 0.385. The third-order valence-electron chi connectivity index (χ3n) is 3.10. The van der Waals surface area contributed by atoms with Crippen LogP contribution in [0.4, 0.5) is 5.69 Å². The van der Waals surface area contributed by atoms with Crippen molar-refractivity contribution < 1.29 is 9.59 Å². The number of azide groups is 1. The lowest BCUT2D eigenvalue weighted by Gasteiger charge is -2.10. The summed E-state index contributed by atoms with van der Waals surface area (Å²) in [6.07, 6.45) is 2.37. The Morgan fingerprint density at radius 3 is 2.74 bits per heavy atom. The van der Waals surface area contributed by atoms with Gasteiger partial charge in [0.05, 0.1) is 12.5 Å². The quantitative estimate of drug-likeness (QED) is 0.510. The average Bonchev–Trinajstić information content (AvgIpc) is 2.78. The van der Waals surface area contributed by atoms with E-state index in [2.05, 4.69) is 15.3 Å². The van der Waals surface area contributed by atoms with Crippen LogP contribution in [-0.2, 0) is 16.0 Å². The summed E-state index contributed by atoms with van der Waals surface area (Å²) in [6, 6.07) is 6.47. The van der Waals surface area contributed by atoms with Crippen LogP contribution in [0.2, 0.25) is 0 Å². The Morgan fingerprint density at radius 1 is 1.42 bits per heavy atom. The summed E-state index contributed by atoms with van der Waals surface area (Å²) in [4.78, 5) is 25.9. The number of carbonyl (C=O) groups excluding carboxylic acids is 2. The van der Waals surface area contributed by atoms with Gasteiger partial charge in [-0.1, -0.05) is 29.4 Å². The maximum atomic E-state index is 11.8. The number of amides is 1. The van der Waals surface area contributed by atoms with Crippen molar-refractivity contribution in [2.24, 2.45) is 5.11 Å². The van der Waals surface area contributed by atoms with Crippen molar-refractivity contribution in [3.8, 4) is 0 Å². The van der Waals surface area contributed by atoms with Gasteiger partial charge in [0.25, 0.3) is 0 Å². The van der Waals surface area contributed by atoms with Crippen LogP contribution in [0.3, 0.4) is 0 Å². The molecule has 6 nitrogen and oxygen atoms in total. The van der Waals surface area contributed by atoms with E-state index in [0.29, 0.717) is 12.1 Å². The Hall–Kier alpha value is -2.33. The summed E-state index contributed by atoms with van der Waals surface area (Å²) >= 11 is 0. The van der Waals surface area contributed by atoms with Gasteiger partial charge in [-0.15, -0.1) is 0 Å². The highest BCUT2D eigenvalue weighted by Crippen LogP contribution is 2.15. The van der Waals surface area contributed by atoms with Crippen LogP contribution in [0.1, 0.15) is 24.8 Å². The van der Waals surface area contributed by atoms with E-state index in [0.717, 1.165) is 18.4 Å². The molecule has 1 saturated carbocycles. The van der Waals surface area contributed by atoms with Gasteiger partial charge in [-0.05, 0) is 23.9 Å². The fourth-order valence-electron chi connectivity index (χ4n) is 2.13. The minimum Gasteiger partial charge on any atom is -0.346 e. The predicted molar refractivity (Wildman–Crippen MR) is 69.7 cm³/mol. The molecule has 6 heteroatoms. The molecule has 0 aliphatic heterocycles. The molecule has 0 aromatic heterocycles. The molecule has 19 heavy (non-hydrogen) atoms. The van der Waals surface area contributed by atoms with Crippen molar-refractivity contribution in [1.82, 2.24) is 5.32 Å². The Balaban J connectivity index is 1.91. The zero-order valence-electron chi connectivity index (χ0n) is 10.4. The average molecular weight is 258 g/mol. The number of carbonyl (C=O) groups is 2. The number of nitrogens with zero attached hydrogens (tertiary/aromatic N) is 3. The number of hydrogen-bond acceptors (Lipinski definition) is 3. The number of benzene rings is 1. The highest BCUT2D eigenvalue weighted by molar-refractivity contribution is 5.91. The largest absolute Gasteiger partial charge is 0.346 e. The number of hydrogen-bond donors (Lipinski definition) is 1. The lowest BCUT2D eigenvalue weighted by atomic mass is 10.1. The fourth-order valence-corrected chi connectivity index (χ4v) is 2.13. The van der Waals surface area contributed by atoms with E-state index < -0.39 is 0 Å². The second-order valence-corrected chi connectivity index (χ2v) is 4.51. The molecular weight excluding hydrogens is 244 g/mol. The van der Waals surface area contributed by atoms with Gasteiger partial charge in [-0.25, -0.2) is 0 Å². The van der Waals surface area contributed by atoms with Gasteiger partial charge in [0.15, 0.2) is 5.78 Å². The van der Waals surface area contributed by atoms with E-state index in [1.165, 1.54) is 0 Å². The van der Waals surface area contributed by atoms with Crippen LogP contribution < -0.4 is 5.32 Å². The van der Waals surface area contributed by atoms with E-state index in [1.807, 2.05) is 0 Å². The van der Waals surface area contributed by atoms with Crippen LogP contribution in [0, 0.1) is 0 Å². The third-order valence-corrected chi connectivity index (χ3v) is 3.10. The number of rotatable bonds is 4. The summed E-state index contributed by atoms with van der Waals surface area (Å²) in [5.41, 5.74) is 9.61. The van der Waals surface area contributed by atoms with Crippen molar-refractivity contribution in [3.05, 3.63) is 40.3 Å². The van der Waals surface area contributed by atoms with Gasteiger partial charge >= 0.3 is 0 Å². The Kier molecular flexibility index (Phi) is 4.15. The maximum absolute atomic E-state index is 11.8. The van der Waals surface area contributed by atoms with Gasteiger partial charge in [0.1, 0.15) is 0 Å². The SMILES string of the molecule is [N-]=[N+]=Nc1ccc(CC(=O)N[C@@H]2CCCC2=O)cc1. The molecular formula is C13H14N4O2. The van der Waals surface area contributed by atoms with Crippen molar-refractivity contribution in [2.75, 3.05) is 0 Å². The molecule has 0 unspecified atom stereocenters. The second-order valence-electron chi connectivity index (χ2n) is 4.51. The highest BCUT2D eigenvalue weighted by Gasteiger charge is 2.25. The normalized spacial score (nSPS) is 17.9. The zero-order chi connectivity index (χ0) is 13.7. The number of nitrogens with one attached hydrogen (secondary N) is 1. The highest BCUT2D eigenvalue weighted by atomic mass is 16.2. The van der Waals surface area contributed by atoms with Crippen molar-refractivity contribution in [1.29, 1.82) is 0 Å². The summed E-state index contributed by atoms with van der Waals surface area (Å²) in [7, 11) is 0. The molecule has 1 atom stereocenters. The minimum absolute atomic E-state index is 0.118. The van der Waals surface area contributed by atoms with Crippen molar-refractivity contribution in [2.45, 2.75) is 31.7 Å². The number of ketones is 1. The Labute approximate surface area is 110 Å². The molecule has 1 aromatic carbocycles. The molecule has 1 aliphatic carbocycles. The van der Waals surface area contributed by atoms with Gasteiger partial charge < -0.3 is 5.32 Å². The standard InChI is InChI=1S/C13H14N4O2/c14-17-16-10-6-4-9(5-7-10)8-13(19)15-11-2-1-3-12(11)18/h4-7,11H,1-3,8H2,(H,15,19)/t11-/m1/s1. The van der Waals surface area contributed by atoms with E-state index in [-0.39, 0.29) is 24.2 Å². The van der Waals surface area contributed by atoms with Crippen LogP contribution in [0.15, 0.2) is 29.4 Å². The third kappa shape index (κ3) is 3.56. The van der Waals surface area contributed by atoms with Gasteiger partial charge in [0.2, 0.25) is 5.91 Å². The molecule has 2 rings (SSSR count). The molecule has 0 radical (unpaired) electrons. The van der Waals surface area contributed by atoms with Crippen molar-refractivity contribution >= 4 is 17.4 Å². The smallest absolute Gasteiger partial charge is 0.224 e. The molecule has 0 heterocycles. The Bertz CT molecular complexity index is 532. The predicted octanol–water partition coefficient (Wildman–Crippen LogP) is 2.41. The van der Waals surface area contributed by atoms with Gasteiger partial charge in [-0.2, -0.15) is 0 Å². The second kappa shape index (κ2) is 6.02. The van der Waals surface area contributed by atoms with Gasteiger partial charge in [-0.3, -0.25) is 9.59 Å². The molecule has 0 spiro atoms. The monoisotopic (exact) mass is 258 g/mol. The molecule has 98 valence electrons. The summed E-state index contributed by atoms with van der Waals surface area (Å²) < 4.78 is 0. The van der Waals surface area contributed by atoms with Crippen LogP contribution >= 0.6 is 0 Å². The zero-order valence-corrected chi connectivity index (χ0v) is 10.4. The Morgan fingerprint density at radius 2 is 2.16 bits per heavy atom. The van der Waals surface area contributed by atoms with E-state index >= 15 is 0 Å². The lowest BCUT2D eigenvalue weighted by Crippen LogP contribution is -2.38. The summed E-state index contributed by atoms with van der Waals surface area (Å²) in [6.45, 7) is 0. The first kappa shape index (κ1) is 13.1. The first-order valence-corrected chi connectivity index (χ1v) is 6.15. The first-order chi connectivity index (χ1) is 9.19. The van der Waals surface area contributed by atoms with E-state index in [4.69, 9.17) is 5.53 Å². The minimum atomic E-state index is -0.310. The molecule has 0 bridgehead atoms. The molecule has 1 N–H and O–H groups in total. The van der Waals surface area contributed by atoms with Crippen LogP contribution in [-0.4, -0.2) is 17.7 Å². The molecule has 1 aliphatic rings. The molecule has 1 aromatic rings. The number of Topliss-reactive ketones (excluding diaryl/α,β-unsaturated/α-hetero) is 1. The van der Waals surface area contributed by atoms with E-state index in [1.54, 1.807) is 24.3 Å². The maximum Gasteiger partial charge on any atom is 0.224 e. The summed E-state index contributed by atoms with van der Waals surface area (Å²) in [5.74, 6) is -0.0381. The van der Waals surface area contributed by atoms with Crippen LogP contribution in [0.5, 0.6) is 0 Å². The summed E-state index contributed by atoms with van der Waals surface area (Å²) in [5, 5.41) is 6.20. The van der Waals surface area contributed by atoms with Crippen molar-refractivity contribution in [3.63, 3.8) is 0 Å². The van der Waals surface area contributed by atoms with Crippen LogP contribution in [0.25, 0.3) is 10.4 Å². The topological polar surface area (TPSA) is 94.9 Å². The lowest BCUT2D eigenvalue weighted by molar-refractivity contribution is -0.126. The van der Waals surface area contributed by atoms with E-state index in [9.17, 15) is 9.59 Å². The molecule has 0 saturated heterocycles. The van der Waals surface area contributed by atoms with Gasteiger partial charge in [0, 0.05) is 17.0 Å². The molecule has 1 amide bonds.